The summed E-state index contributed by atoms with van der Waals surface area (Å²) in [5, 5.41) is 1.43. The second kappa shape index (κ2) is 4.62. The van der Waals surface area contributed by atoms with Crippen LogP contribution in [0.2, 0.25) is 0 Å². The lowest BCUT2D eigenvalue weighted by molar-refractivity contribution is -0.0554. The molecule has 1 aliphatic rings. The fourth-order valence-corrected chi connectivity index (χ4v) is 0.851. The van der Waals surface area contributed by atoms with Crippen LogP contribution in [0.4, 0.5) is 8.78 Å². The van der Waals surface area contributed by atoms with E-state index in [1.165, 1.54) is 5.01 Å². The van der Waals surface area contributed by atoms with E-state index in [0.717, 1.165) is 0 Å². The first-order valence-electron chi connectivity index (χ1n) is 3.98. The maximum Gasteiger partial charge on any atom is 0.250 e. The summed E-state index contributed by atoms with van der Waals surface area (Å²) in [6.07, 6.45) is -0.188. The average Bonchev–Trinajstić information content (AvgIpc) is 2.00. The van der Waals surface area contributed by atoms with Gasteiger partial charge in [-0.1, -0.05) is 13.8 Å². The summed E-state index contributed by atoms with van der Waals surface area (Å²) in [6, 6.07) is 0. The standard InChI is InChI=1S/C5H10F2N2.C2H6/c6-5(7)1-3-9(8)4-2-5;1-2/h1-4,8H2;1-2H3. The van der Waals surface area contributed by atoms with Crippen molar-refractivity contribution in [3.8, 4) is 0 Å². The molecule has 1 saturated heterocycles. The Morgan fingerprint density at radius 3 is 1.82 bits per heavy atom. The van der Waals surface area contributed by atoms with Gasteiger partial charge in [0, 0.05) is 25.9 Å². The van der Waals surface area contributed by atoms with E-state index in [-0.39, 0.29) is 12.8 Å². The smallest absolute Gasteiger partial charge is 0.250 e. The molecule has 1 rings (SSSR count). The van der Waals surface area contributed by atoms with Crippen LogP contribution in [-0.2, 0) is 0 Å². The first-order valence-corrected chi connectivity index (χ1v) is 3.98. The van der Waals surface area contributed by atoms with Gasteiger partial charge < -0.3 is 0 Å². The van der Waals surface area contributed by atoms with Crippen LogP contribution in [0.15, 0.2) is 0 Å². The topological polar surface area (TPSA) is 29.3 Å². The highest BCUT2D eigenvalue weighted by molar-refractivity contribution is 4.74. The second-order valence-electron chi connectivity index (χ2n) is 2.39. The lowest BCUT2D eigenvalue weighted by Crippen LogP contribution is -2.43. The zero-order valence-corrected chi connectivity index (χ0v) is 7.11. The monoisotopic (exact) mass is 166 g/mol. The van der Waals surface area contributed by atoms with Crippen molar-refractivity contribution in [1.82, 2.24) is 5.01 Å². The van der Waals surface area contributed by atoms with Gasteiger partial charge in [-0.25, -0.2) is 13.8 Å². The molecule has 2 nitrogen and oxygen atoms in total. The first-order chi connectivity index (χ1) is 5.10. The lowest BCUT2D eigenvalue weighted by atomic mass is 10.1. The van der Waals surface area contributed by atoms with Crippen LogP contribution in [0.3, 0.4) is 0 Å². The van der Waals surface area contributed by atoms with Crippen LogP contribution in [0.1, 0.15) is 26.7 Å². The van der Waals surface area contributed by atoms with E-state index < -0.39 is 5.92 Å². The Hall–Kier alpha value is -0.220. The van der Waals surface area contributed by atoms with E-state index >= 15 is 0 Å². The third kappa shape index (κ3) is 4.27. The molecule has 1 fully saturated rings. The molecule has 2 N–H and O–H groups in total. The van der Waals surface area contributed by atoms with Crippen molar-refractivity contribution in [1.29, 1.82) is 0 Å². The van der Waals surface area contributed by atoms with E-state index in [1.54, 1.807) is 0 Å². The van der Waals surface area contributed by atoms with Crippen molar-refractivity contribution in [2.75, 3.05) is 13.1 Å². The highest BCUT2D eigenvalue weighted by Gasteiger charge is 2.32. The third-order valence-corrected chi connectivity index (χ3v) is 1.53. The summed E-state index contributed by atoms with van der Waals surface area (Å²) in [7, 11) is 0. The molecule has 0 unspecified atom stereocenters. The maximum absolute atomic E-state index is 12.3. The molecule has 0 saturated carbocycles. The van der Waals surface area contributed by atoms with Crippen molar-refractivity contribution in [2.24, 2.45) is 5.84 Å². The minimum Gasteiger partial charge on any atom is -0.269 e. The quantitative estimate of drug-likeness (QED) is 0.554. The summed E-state index contributed by atoms with van der Waals surface area (Å²) >= 11 is 0. The minimum atomic E-state index is -2.46. The number of hydrazine groups is 1. The van der Waals surface area contributed by atoms with E-state index in [2.05, 4.69) is 0 Å². The van der Waals surface area contributed by atoms with Crippen LogP contribution in [0, 0.1) is 0 Å². The molecule has 0 aromatic rings. The van der Waals surface area contributed by atoms with Crippen LogP contribution < -0.4 is 5.84 Å². The number of nitrogens with two attached hydrogens (primary N) is 1. The number of piperidine rings is 1. The number of rotatable bonds is 0. The number of halogens is 2. The summed E-state index contributed by atoms with van der Waals surface area (Å²) in [4.78, 5) is 0. The molecular formula is C7H16F2N2. The van der Waals surface area contributed by atoms with Gasteiger partial charge >= 0.3 is 0 Å². The number of alkyl halides is 2. The first kappa shape index (κ1) is 10.8. The molecule has 68 valence electrons. The summed E-state index contributed by atoms with van der Waals surface area (Å²) in [6.45, 7) is 4.62. The zero-order valence-electron chi connectivity index (χ0n) is 7.11. The van der Waals surface area contributed by atoms with Crippen LogP contribution in [0.25, 0.3) is 0 Å². The SMILES string of the molecule is CC.NN1CCC(F)(F)CC1. The molecule has 4 heteroatoms. The zero-order chi connectivity index (χ0) is 8.91. The second-order valence-corrected chi connectivity index (χ2v) is 2.39. The van der Waals surface area contributed by atoms with Gasteiger partial charge in [-0.05, 0) is 0 Å². The fourth-order valence-electron chi connectivity index (χ4n) is 0.851. The molecule has 11 heavy (non-hydrogen) atoms. The summed E-state index contributed by atoms with van der Waals surface area (Å²) in [5.41, 5.74) is 0. The Morgan fingerprint density at radius 2 is 1.55 bits per heavy atom. The molecule has 0 radical (unpaired) electrons. The Kier molecular flexibility index (Phi) is 4.52. The van der Waals surface area contributed by atoms with Crippen LogP contribution in [0.5, 0.6) is 0 Å². The Labute approximate surface area is 66.3 Å². The van der Waals surface area contributed by atoms with Gasteiger partial charge in [0.25, 0.3) is 5.92 Å². The molecular weight excluding hydrogens is 150 g/mol. The summed E-state index contributed by atoms with van der Waals surface area (Å²) < 4.78 is 24.6. The van der Waals surface area contributed by atoms with E-state index in [0.29, 0.717) is 13.1 Å². The van der Waals surface area contributed by atoms with Gasteiger partial charge in [0.2, 0.25) is 0 Å². The Bertz CT molecular complexity index is 96.6. The normalized spacial score (nSPS) is 23.7. The van der Waals surface area contributed by atoms with Crippen LogP contribution in [-0.4, -0.2) is 24.0 Å². The van der Waals surface area contributed by atoms with Gasteiger partial charge in [0.1, 0.15) is 0 Å². The molecule has 0 bridgehead atoms. The van der Waals surface area contributed by atoms with E-state index in [1.807, 2.05) is 13.8 Å². The molecule has 1 heterocycles. The predicted octanol–water partition coefficient (Wildman–Crippen LogP) is 1.62. The predicted molar refractivity (Wildman–Crippen MR) is 41.3 cm³/mol. The number of nitrogens with zero attached hydrogens (tertiary/aromatic N) is 1. The minimum absolute atomic E-state index is 0.0938. The largest absolute Gasteiger partial charge is 0.269 e. The van der Waals surface area contributed by atoms with Crippen molar-refractivity contribution >= 4 is 0 Å². The fraction of sp³-hybridized carbons (Fsp3) is 1.00. The van der Waals surface area contributed by atoms with Gasteiger partial charge in [-0.3, -0.25) is 5.84 Å². The van der Waals surface area contributed by atoms with E-state index in [4.69, 9.17) is 5.84 Å². The average molecular weight is 166 g/mol. The van der Waals surface area contributed by atoms with Gasteiger partial charge in [0.15, 0.2) is 0 Å². The highest BCUT2D eigenvalue weighted by Crippen LogP contribution is 2.25. The van der Waals surface area contributed by atoms with Crippen molar-refractivity contribution < 1.29 is 8.78 Å². The molecule has 0 spiro atoms. The van der Waals surface area contributed by atoms with Crippen LogP contribution >= 0.6 is 0 Å². The summed E-state index contributed by atoms with van der Waals surface area (Å²) in [5.74, 6) is 2.79. The Morgan fingerprint density at radius 1 is 1.18 bits per heavy atom. The highest BCUT2D eigenvalue weighted by atomic mass is 19.3. The lowest BCUT2D eigenvalue weighted by Gasteiger charge is -2.27. The van der Waals surface area contributed by atoms with Gasteiger partial charge in [0.05, 0.1) is 0 Å². The molecule has 0 aromatic heterocycles. The van der Waals surface area contributed by atoms with Crippen molar-refractivity contribution in [3.63, 3.8) is 0 Å². The van der Waals surface area contributed by atoms with Gasteiger partial charge in [-0.2, -0.15) is 0 Å². The molecule has 0 aromatic carbocycles. The van der Waals surface area contributed by atoms with Gasteiger partial charge in [-0.15, -0.1) is 0 Å². The van der Waals surface area contributed by atoms with E-state index in [9.17, 15) is 8.78 Å². The van der Waals surface area contributed by atoms with Crippen molar-refractivity contribution in [2.45, 2.75) is 32.6 Å². The molecule has 0 amide bonds. The third-order valence-electron chi connectivity index (χ3n) is 1.53. The van der Waals surface area contributed by atoms with Crippen molar-refractivity contribution in [3.05, 3.63) is 0 Å². The number of hydrogen-bond donors (Lipinski definition) is 1. The maximum atomic E-state index is 12.3. The molecule has 1 aliphatic heterocycles. The number of hydrogen-bond acceptors (Lipinski definition) is 2. The Balaban J connectivity index is 0.000000461. The molecule has 0 atom stereocenters. The molecule has 0 aliphatic carbocycles.